The van der Waals surface area contributed by atoms with Crippen molar-refractivity contribution >= 4 is 11.6 Å². The Morgan fingerprint density at radius 1 is 1.32 bits per heavy atom. The number of aliphatic hydroxyl groups is 1. The SMILES string of the molecule is OC(Cn1cncn1)(c1ccc(OC(F)(F)F)cc1Cl)C1(CF)CC1. The Bertz CT molecular complexity index is 750. The summed E-state index contributed by atoms with van der Waals surface area (Å²) >= 11 is 6.10. The molecule has 10 heteroatoms. The van der Waals surface area contributed by atoms with Crippen molar-refractivity contribution in [1.82, 2.24) is 14.8 Å². The van der Waals surface area contributed by atoms with Crippen molar-refractivity contribution in [3.8, 4) is 5.75 Å². The standard InChI is InChI=1S/C15H14ClF4N3O2/c16-12-5-10(25-15(18,19)20)1-2-11(12)14(24,13(6-17)3-4-13)7-23-9-21-8-22-23/h1-2,5,8-9,24H,3-4,6-7H2. The van der Waals surface area contributed by atoms with E-state index in [2.05, 4.69) is 14.8 Å². The Hall–Kier alpha value is -1.87. The van der Waals surface area contributed by atoms with Crippen LogP contribution in [0.5, 0.6) is 5.75 Å². The number of rotatable bonds is 6. The van der Waals surface area contributed by atoms with Crippen LogP contribution in [0.1, 0.15) is 18.4 Å². The summed E-state index contributed by atoms with van der Waals surface area (Å²) in [7, 11) is 0. The zero-order valence-corrected chi connectivity index (χ0v) is 13.6. The molecule has 0 aliphatic heterocycles. The number of halogens is 5. The van der Waals surface area contributed by atoms with E-state index in [9.17, 15) is 22.7 Å². The molecule has 1 aromatic carbocycles. The molecule has 1 aliphatic carbocycles. The van der Waals surface area contributed by atoms with Crippen molar-refractivity contribution in [3.63, 3.8) is 0 Å². The summed E-state index contributed by atoms with van der Waals surface area (Å²) in [5.74, 6) is -0.519. The van der Waals surface area contributed by atoms with Crippen molar-refractivity contribution in [2.75, 3.05) is 6.67 Å². The van der Waals surface area contributed by atoms with E-state index in [1.807, 2.05) is 0 Å². The molecule has 1 unspecified atom stereocenters. The minimum Gasteiger partial charge on any atom is -0.406 e. The van der Waals surface area contributed by atoms with E-state index in [-0.39, 0.29) is 17.1 Å². The first-order valence-electron chi connectivity index (χ1n) is 7.36. The average molecular weight is 380 g/mol. The van der Waals surface area contributed by atoms with E-state index in [0.717, 1.165) is 12.1 Å². The average Bonchev–Trinajstić information content (AvgIpc) is 3.17. The van der Waals surface area contributed by atoms with E-state index in [1.165, 1.54) is 23.4 Å². The Morgan fingerprint density at radius 2 is 2.04 bits per heavy atom. The van der Waals surface area contributed by atoms with Crippen LogP contribution in [0.15, 0.2) is 30.9 Å². The van der Waals surface area contributed by atoms with E-state index in [1.54, 1.807) is 0 Å². The molecule has 1 atom stereocenters. The zero-order chi connectivity index (χ0) is 18.3. The molecule has 2 aromatic rings. The van der Waals surface area contributed by atoms with Crippen LogP contribution < -0.4 is 4.74 Å². The number of nitrogens with zero attached hydrogens (tertiary/aromatic N) is 3. The van der Waals surface area contributed by atoms with Gasteiger partial charge in [0.25, 0.3) is 0 Å². The van der Waals surface area contributed by atoms with Gasteiger partial charge in [0.2, 0.25) is 0 Å². The molecule has 0 spiro atoms. The molecular weight excluding hydrogens is 366 g/mol. The number of alkyl halides is 4. The zero-order valence-electron chi connectivity index (χ0n) is 12.8. The predicted octanol–water partition coefficient (Wildman–Crippen LogP) is 3.47. The van der Waals surface area contributed by atoms with Gasteiger partial charge < -0.3 is 9.84 Å². The van der Waals surface area contributed by atoms with Gasteiger partial charge in [-0.2, -0.15) is 5.10 Å². The highest BCUT2D eigenvalue weighted by Gasteiger charge is 2.60. The predicted molar refractivity (Wildman–Crippen MR) is 79.7 cm³/mol. The van der Waals surface area contributed by atoms with Gasteiger partial charge in [-0.25, -0.2) is 9.67 Å². The molecule has 0 amide bonds. The summed E-state index contributed by atoms with van der Waals surface area (Å²) in [5.41, 5.74) is -2.69. The largest absolute Gasteiger partial charge is 0.573 e. The molecule has 0 bridgehead atoms. The molecule has 5 nitrogen and oxygen atoms in total. The minimum absolute atomic E-state index is 0.120. The van der Waals surface area contributed by atoms with Gasteiger partial charge in [-0.3, -0.25) is 4.39 Å². The van der Waals surface area contributed by atoms with Gasteiger partial charge in [0.1, 0.15) is 24.0 Å². The first kappa shape index (κ1) is 17.9. The van der Waals surface area contributed by atoms with Crippen molar-refractivity contribution in [1.29, 1.82) is 0 Å². The first-order chi connectivity index (χ1) is 11.7. The summed E-state index contributed by atoms with van der Waals surface area (Å²) in [5, 5.41) is 15.0. The molecule has 1 N–H and O–H groups in total. The van der Waals surface area contributed by atoms with Gasteiger partial charge in [-0.1, -0.05) is 17.7 Å². The third kappa shape index (κ3) is 3.43. The van der Waals surface area contributed by atoms with Gasteiger partial charge in [-0.05, 0) is 25.0 Å². The molecule has 0 saturated heterocycles. The number of ether oxygens (including phenoxy) is 1. The van der Waals surface area contributed by atoms with Crippen LogP contribution in [0.4, 0.5) is 17.6 Å². The molecule has 3 rings (SSSR count). The number of benzene rings is 1. The summed E-state index contributed by atoms with van der Waals surface area (Å²) in [6.45, 7) is -0.925. The second-order valence-corrected chi connectivity index (χ2v) is 6.46. The number of hydrogen-bond acceptors (Lipinski definition) is 4. The molecular formula is C15H14ClF4N3O2. The van der Waals surface area contributed by atoms with E-state index in [0.29, 0.717) is 12.8 Å². The third-order valence-corrected chi connectivity index (χ3v) is 4.78. The smallest absolute Gasteiger partial charge is 0.406 e. The van der Waals surface area contributed by atoms with Crippen molar-refractivity contribution in [2.24, 2.45) is 5.41 Å². The highest BCUT2D eigenvalue weighted by molar-refractivity contribution is 6.31. The maximum atomic E-state index is 13.7. The van der Waals surface area contributed by atoms with Crippen LogP contribution in [0.3, 0.4) is 0 Å². The van der Waals surface area contributed by atoms with E-state index in [4.69, 9.17) is 11.6 Å². The molecule has 1 aromatic heterocycles. The molecule has 25 heavy (non-hydrogen) atoms. The highest BCUT2D eigenvalue weighted by Crippen LogP contribution is 2.60. The van der Waals surface area contributed by atoms with Crippen molar-refractivity contribution < 1.29 is 27.4 Å². The molecule has 1 fully saturated rings. The van der Waals surface area contributed by atoms with Gasteiger partial charge in [0.15, 0.2) is 0 Å². The molecule has 1 aliphatic rings. The van der Waals surface area contributed by atoms with Crippen LogP contribution in [0.2, 0.25) is 5.02 Å². The van der Waals surface area contributed by atoms with Gasteiger partial charge in [-0.15, -0.1) is 13.2 Å². The summed E-state index contributed by atoms with van der Waals surface area (Å²) in [6.07, 6.45) is -1.40. The summed E-state index contributed by atoms with van der Waals surface area (Å²) in [6, 6.07) is 3.20. The maximum absolute atomic E-state index is 13.7. The first-order valence-corrected chi connectivity index (χ1v) is 7.73. The highest BCUT2D eigenvalue weighted by atomic mass is 35.5. The lowest BCUT2D eigenvalue weighted by Crippen LogP contribution is -2.42. The summed E-state index contributed by atoms with van der Waals surface area (Å²) in [4.78, 5) is 3.77. The Morgan fingerprint density at radius 3 is 2.52 bits per heavy atom. The molecule has 1 saturated carbocycles. The number of hydrogen-bond donors (Lipinski definition) is 1. The van der Waals surface area contributed by atoms with Crippen LogP contribution >= 0.6 is 11.6 Å². The minimum atomic E-state index is -4.86. The maximum Gasteiger partial charge on any atom is 0.573 e. The van der Waals surface area contributed by atoms with E-state index < -0.39 is 29.8 Å². The lowest BCUT2D eigenvalue weighted by molar-refractivity contribution is -0.274. The molecule has 1 heterocycles. The van der Waals surface area contributed by atoms with E-state index >= 15 is 0 Å². The van der Waals surface area contributed by atoms with Gasteiger partial charge in [0.05, 0.1) is 18.2 Å². The van der Waals surface area contributed by atoms with Crippen LogP contribution in [-0.2, 0) is 12.1 Å². The number of aromatic nitrogens is 3. The molecule has 136 valence electrons. The Labute approximate surface area is 145 Å². The van der Waals surface area contributed by atoms with Crippen molar-refractivity contribution in [3.05, 3.63) is 41.4 Å². The fourth-order valence-corrected chi connectivity index (χ4v) is 3.25. The lowest BCUT2D eigenvalue weighted by Gasteiger charge is -2.36. The Balaban J connectivity index is 1.99. The molecule has 0 radical (unpaired) electrons. The van der Waals surface area contributed by atoms with Crippen molar-refractivity contribution in [2.45, 2.75) is 31.3 Å². The van der Waals surface area contributed by atoms with Gasteiger partial charge in [0, 0.05) is 11.0 Å². The third-order valence-electron chi connectivity index (χ3n) is 4.46. The monoisotopic (exact) mass is 379 g/mol. The fourth-order valence-electron chi connectivity index (χ4n) is 2.92. The normalized spacial score (nSPS) is 18.6. The second kappa shape index (κ2) is 6.14. The van der Waals surface area contributed by atoms with Crippen LogP contribution in [0, 0.1) is 5.41 Å². The van der Waals surface area contributed by atoms with Crippen LogP contribution in [0.25, 0.3) is 0 Å². The lowest BCUT2D eigenvalue weighted by atomic mass is 9.79. The fraction of sp³-hybridized carbons (Fsp3) is 0.467. The summed E-state index contributed by atoms with van der Waals surface area (Å²) < 4.78 is 55.8. The quantitative estimate of drug-likeness (QED) is 0.781. The second-order valence-electron chi connectivity index (χ2n) is 6.06. The Kier molecular flexibility index (Phi) is 4.40. The van der Waals surface area contributed by atoms with Crippen LogP contribution in [-0.4, -0.2) is 32.9 Å². The topological polar surface area (TPSA) is 60.2 Å². The van der Waals surface area contributed by atoms with Gasteiger partial charge >= 0.3 is 6.36 Å².